The summed E-state index contributed by atoms with van der Waals surface area (Å²) in [5.41, 5.74) is 2.93. The van der Waals surface area contributed by atoms with Crippen LogP contribution in [0.4, 0.5) is 5.69 Å². The van der Waals surface area contributed by atoms with Gasteiger partial charge >= 0.3 is 0 Å². The molecule has 1 aromatic carbocycles. The van der Waals surface area contributed by atoms with Crippen LogP contribution in [-0.4, -0.2) is 33.0 Å². The van der Waals surface area contributed by atoms with E-state index in [4.69, 9.17) is 0 Å². The third-order valence-corrected chi connectivity index (χ3v) is 5.13. The van der Waals surface area contributed by atoms with Crippen LogP contribution < -0.4 is 10.6 Å². The third kappa shape index (κ3) is 3.47. The first kappa shape index (κ1) is 18.2. The second kappa shape index (κ2) is 7.07. The molecule has 0 fully saturated rings. The fourth-order valence-corrected chi connectivity index (χ4v) is 3.66. The Morgan fingerprint density at radius 2 is 2.11 bits per heavy atom. The molecule has 0 saturated carbocycles. The van der Waals surface area contributed by atoms with Gasteiger partial charge in [-0.1, -0.05) is 19.9 Å². The van der Waals surface area contributed by atoms with E-state index in [1.54, 1.807) is 6.07 Å². The van der Waals surface area contributed by atoms with Gasteiger partial charge in [0, 0.05) is 42.2 Å². The molecule has 0 atom stereocenters. The number of hydrogen-bond donors (Lipinski definition) is 2. The van der Waals surface area contributed by atoms with Gasteiger partial charge in [0.25, 0.3) is 5.91 Å². The Kier molecular flexibility index (Phi) is 4.58. The molecule has 0 radical (unpaired) electrons. The van der Waals surface area contributed by atoms with E-state index in [1.165, 1.54) is 0 Å². The van der Waals surface area contributed by atoms with Crippen LogP contribution in [0.5, 0.6) is 0 Å². The summed E-state index contributed by atoms with van der Waals surface area (Å²) in [5.74, 6) is 0.786. The predicted octanol–water partition coefficient (Wildman–Crippen LogP) is 2.71. The Morgan fingerprint density at radius 1 is 1.25 bits per heavy atom. The van der Waals surface area contributed by atoms with Gasteiger partial charge in [0.05, 0.1) is 0 Å². The van der Waals surface area contributed by atoms with Crippen LogP contribution in [0.2, 0.25) is 0 Å². The van der Waals surface area contributed by atoms with Gasteiger partial charge < -0.3 is 10.6 Å². The normalized spacial score (nSPS) is 15.1. The summed E-state index contributed by atoms with van der Waals surface area (Å²) in [6, 6.07) is 11.2. The first-order chi connectivity index (χ1) is 13.4. The van der Waals surface area contributed by atoms with E-state index >= 15 is 0 Å². The van der Waals surface area contributed by atoms with Crippen molar-refractivity contribution in [3.63, 3.8) is 0 Å². The number of hydrogen-bond acceptors (Lipinski definition) is 4. The number of aryl methyl sites for hydroxylation is 1. The van der Waals surface area contributed by atoms with Gasteiger partial charge in [-0.05, 0) is 42.3 Å². The highest BCUT2D eigenvalue weighted by Gasteiger charge is 2.32. The van der Waals surface area contributed by atoms with Crippen molar-refractivity contribution < 1.29 is 9.59 Å². The Bertz CT molecular complexity index is 1050. The molecule has 1 aliphatic rings. The molecule has 2 aromatic heterocycles. The topological polar surface area (TPSA) is 88.4 Å². The Balaban J connectivity index is 1.37. The standard InChI is InChI=1S/C21H23N5O2/c1-21(2)13-19(27)23-16-9-8-14(12-15(16)21)20(28)22-10-5-7-18-25-24-17-6-3-4-11-26(17)18/h3-4,6,8-9,11-12H,5,7,10,13H2,1-2H3,(H,22,28)(H,23,27). The number of nitrogens with one attached hydrogen (secondary N) is 2. The maximum Gasteiger partial charge on any atom is 0.251 e. The number of nitrogens with zero attached hydrogens (tertiary/aromatic N) is 3. The zero-order valence-corrected chi connectivity index (χ0v) is 16.0. The van der Waals surface area contributed by atoms with Crippen LogP contribution in [0.15, 0.2) is 42.6 Å². The second-order valence-electron chi connectivity index (χ2n) is 7.77. The van der Waals surface area contributed by atoms with Crippen molar-refractivity contribution in [1.29, 1.82) is 0 Å². The molecule has 2 N–H and O–H groups in total. The summed E-state index contributed by atoms with van der Waals surface area (Å²) >= 11 is 0. The molecule has 144 valence electrons. The van der Waals surface area contributed by atoms with E-state index in [9.17, 15) is 9.59 Å². The number of anilines is 1. The fraction of sp³-hybridized carbons (Fsp3) is 0.333. The zero-order valence-electron chi connectivity index (χ0n) is 16.0. The molecule has 7 heteroatoms. The van der Waals surface area contributed by atoms with E-state index in [2.05, 4.69) is 20.8 Å². The van der Waals surface area contributed by atoms with Crippen molar-refractivity contribution in [2.75, 3.05) is 11.9 Å². The maximum atomic E-state index is 12.5. The van der Waals surface area contributed by atoms with Crippen LogP contribution in [0, 0.1) is 0 Å². The van der Waals surface area contributed by atoms with E-state index < -0.39 is 0 Å². The van der Waals surface area contributed by atoms with Crippen LogP contribution in [0.25, 0.3) is 5.65 Å². The Hall–Kier alpha value is -3.22. The van der Waals surface area contributed by atoms with Crippen molar-refractivity contribution in [2.45, 2.75) is 38.5 Å². The molecular formula is C21H23N5O2. The minimum Gasteiger partial charge on any atom is -0.352 e. The van der Waals surface area contributed by atoms with E-state index in [-0.39, 0.29) is 17.2 Å². The summed E-state index contributed by atoms with van der Waals surface area (Å²) in [5, 5.41) is 14.2. The SMILES string of the molecule is CC1(C)CC(=O)Nc2ccc(C(=O)NCCCc3nnc4ccccn34)cc21. The lowest BCUT2D eigenvalue weighted by molar-refractivity contribution is -0.117. The number of benzene rings is 1. The average molecular weight is 377 g/mol. The average Bonchev–Trinajstić information content (AvgIpc) is 3.07. The van der Waals surface area contributed by atoms with Crippen LogP contribution >= 0.6 is 0 Å². The summed E-state index contributed by atoms with van der Waals surface area (Å²) in [4.78, 5) is 24.4. The van der Waals surface area contributed by atoms with Gasteiger partial charge in [0.2, 0.25) is 5.91 Å². The highest BCUT2D eigenvalue weighted by molar-refractivity contribution is 5.98. The summed E-state index contributed by atoms with van der Waals surface area (Å²) in [6.45, 7) is 4.60. The van der Waals surface area contributed by atoms with Crippen molar-refractivity contribution in [2.24, 2.45) is 0 Å². The number of fused-ring (bicyclic) bond motifs is 2. The molecule has 0 bridgehead atoms. The maximum absolute atomic E-state index is 12.5. The minimum absolute atomic E-state index is 0.00991. The molecule has 0 spiro atoms. The highest BCUT2D eigenvalue weighted by atomic mass is 16.2. The van der Waals surface area contributed by atoms with Crippen molar-refractivity contribution in [1.82, 2.24) is 19.9 Å². The smallest absolute Gasteiger partial charge is 0.251 e. The quantitative estimate of drug-likeness (QED) is 0.669. The molecule has 0 unspecified atom stereocenters. The van der Waals surface area contributed by atoms with Gasteiger partial charge in [0.15, 0.2) is 5.65 Å². The van der Waals surface area contributed by atoms with E-state index in [1.807, 2.05) is 54.8 Å². The van der Waals surface area contributed by atoms with Gasteiger partial charge in [-0.2, -0.15) is 0 Å². The monoisotopic (exact) mass is 377 g/mol. The molecule has 1 aliphatic heterocycles. The molecule has 4 rings (SSSR count). The van der Waals surface area contributed by atoms with E-state index in [0.29, 0.717) is 18.5 Å². The molecule has 7 nitrogen and oxygen atoms in total. The summed E-state index contributed by atoms with van der Waals surface area (Å²) in [6.07, 6.45) is 3.86. The molecule has 28 heavy (non-hydrogen) atoms. The van der Waals surface area contributed by atoms with Gasteiger partial charge in [-0.3, -0.25) is 14.0 Å². The molecule has 2 amide bonds. The Labute approximate surface area is 163 Å². The molecular weight excluding hydrogens is 354 g/mol. The number of amides is 2. The zero-order chi connectivity index (χ0) is 19.7. The number of pyridine rings is 1. The van der Waals surface area contributed by atoms with Crippen LogP contribution in [-0.2, 0) is 16.6 Å². The van der Waals surface area contributed by atoms with Crippen molar-refractivity contribution >= 4 is 23.1 Å². The summed E-state index contributed by atoms with van der Waals surface area (Å²) < 4.78 is 1.96. The number of carbonyl (C=O) groups excluding carboxylic acids is 2. The number of rotatable bonds is 5. The fourth-order valence-electron chi connectivity index (χ4n) is 3.66. The highest BCUT2D eigenvalue weighted by Crippen LogP contribution is 2.37. The van der Waals surface area contributed by atoms with Crippen molar-refractivity contribution in [3.8, 4) is 0 Å². The summed E-state index contributed by atoms with van der Waals surface area (Å²) in [7, 11) is 0. The lowest BCUT2D eigenvalue weighted by Crippen LogP contribution is -2.33. The Morgan fingerprint density at radius 3 is 2.96 bits per heavy atom. The van der Waals surface area contributed by atoms with E-state index in [0.717, 1.165) is 35.6 Å². The molecule has 0 aliphatic carbocycles. The van der Waals surface area contributed by atoms with Crippen LogP contribution in [0.3, 0.4) is 0 Å². The molecule has 3 aromatic rings. The lowest BCUT2D eigenvalue weighted by Gasteiger charge is -2.32. The molecule has 3 heterocycles. The van der Waals surface area contributed by atoms with Gasteiger partial charge in [-0.25, -0.2) is 0 Å². The largest absolute Gasteiger partial charge is 0.352 e. The number of carbonyl (C=O) groups is 2. The van der Waals surface area contributed by atoms with Crippen LogP contribution in [0.1, 0.15) is 48.4 Å². The number of aromatic nitrogens is 3. The first-order valence-electron chi connectivity index (χ1n) is 9.45. The van der Waals surface area contributed by atoms with Gasteiger partial charge in [-0.15, -0.1) is 10.2 Å². The predicted molar refractivity (Wildman–Crippen MR) is 106 cm³/mol. The van der Waals surface area contributed by atoms with Crippen molar-refractivity contribution in [3.05, 3.63) is 59.5 Å². The third-order valence-electron chi connectivity index (χ3n) is 5.13. The second-order valence-corrected chi connectivity index (χ2v) is 7.77. The minimum atomic E-state index is -0.289. The molecule has 0 saturated heterocycles. The first-order valence-corrected chi connectivity index (χ1v) is 9.45. The lowest BCUT2D eigenvalue weighted by atomic mass is 9.77. The van der Waals surface area contributed by atoms with Gasteiger partial charge in [0.1, 0.15) is 5.82 Å².